The van der Waals surface area contributed by atoms with E-state index < -0.39 is 28.7 Å². The van der Waals surface area contributed by atoms with Gasteiger partial charge in [-0.15, -0.1) is 0 Å². The van der Waals surface area contributed by atoms with Crippen LogP contribution in [0.2, 0.25) is 0 Å². The Balaban J connectivity index is 0.000000173. The predicted octanol–water partition coefficient (Wildman–Crippen LogP) is 30.0. The number of aryl methyl sites for hydroxylation is 1. The summed E-state index contributed by atoms with van der Waals surface area (Å²) in [7, 11) is -3.01. The highest BCUT2D eigenvalue weighted by Gasteiger charge is 2.28. The number of phenolic OH excluding ortho intramolecular Hbond substituents is 1. The largest absolute Gasteiger partial charge is 0.744 e. The summed E-state index contributed by atoms with van der Waals surface area (Å²) in [6, 6.07) is 113. The fourth-order valence-electron chi connectivity index (χ4n) is 15.4. The topological polar surface area (TPSA) is 187 Å². The number of methoxy groups -OCH3 is 1. The summed E-state index contributed by atoms with van der Waals surface area (Å²) >= 11 is 0. The van der Waals surface area contributed by atoms with Gasteiger partial charge >= 0.3 is 5.97 Å². The first-order valence-electron chi connectivity index (χ1n) is 48.5. The Labute approximate surface area is 818 Å². The first-order valence-corrected chi connectivity index (χ1v) is 51.1. The molecule has 0 heterocycles. The molecular weight excluding hydrogens is 1750 g/mol. The second-order valence-electron chi connectivity index (χ2n) is 34.5. The van der Waals surface area contributed by atoms with Crippen molar-refractivity contribution in [3.63, 3.8) is 0 Å². The molecule has 17 heteroatoms. The van der Waals surface area contributed by atoms with Gasteiger partial charge in [-0.1, -0.05) is 312 Å². The third-order valence-corrected chi connectivity index (χ3v) is 27.8. The summed E-state index contributed by atoms with van der Waals surface area (Å²) in [6.45, 7) is 29.1. The van der Waals surface area contributed by atoms with Crippen molar-refractivity contribution in [2.45, 2.75) is 228 Å². The van der Waals surface area contributed by atoms with Crippen LogP contribution in [-0.4, -0.2) is 83.4 Å². The van der Waals surface area contributed by atoms with Crippen molar-refractivity contribution in [3.8, 4) is 40.2 Å². The van der Waals surface area contributed by atoms with Crippen LogP contribution in [0, 0.1) is 6.92 Å². The van der Waals surface area contributed by atoms with Crippen LogP contribution in [0.1, 0.15) is 226 Å². The maximum Gasteiger partial charge on any atom is 0.349 e. The fourth-order valence-corrected chi connectivity index (χ4v) is 18.2. The number of carbonyl (C=O) groups excluding carboxylic acids is 1. The highest BCUT2D eigenvalue weighted by atomic mass is 32.2. The van der Waals surface area contributed by atoms with E-state index in [0.29, 0.717) is 92.7 Å². The molecule has 15 rings (SSSR count). The molecule has 0 saturated heterocycles. The van der Waals surface area contributed by atoms with Crippen molar-refractivity contribution >= 4 is 48.5 Å². The molecule has 14 aromatic carbocycles. The van der Waals surface area contributed by atoms with Gasteiger partial charge in [0.1, 0.15) is 76.8 Å². The van der Waals surface area contributed by atoms with Crippen molar-refractivity contribution in [3.05, 3.63) is 390 Å². The molecule has 14 aromatic rings. The maximum absolute atomic E-state index is 12.2. The standard InChI is InChI=1S/C27H38O4.C22H22O6S.C22H30O3.C21H22O.C18H15S.C10H14O/c1-4-21(2)22-10-16-26(17-11-22)31-27(20-28-3)30-19-18-29-25-14-12-24(13-15-25)23-8-6-5-7-9-23;1-3-15(2)16-10-12-17(13-11-16)27-14-22(23)28-20-8-4-7-19-18(20)6-5-9-21(19)29(24,25)26;1-5-18(4)20-11-13-21(14-12-20)25-22(16-23-6-2)24-15-19-9-7-17(3)8-10-19;1-3-16(2)17-11-13-20(14-12-17)22-15-19-9-6-8-18-7-4-5-10-21(18)19;1-4-10-16(11-5-1)19(17-12-6-2-7-13-17)18-14-8-3-9-15-18;1-3-8(2)9-4-6-10(11)7-5-9/h10-17,21,23,27H,4-9,18-20H2,1-3H3;4-13,15H,3,14H2,1-2H3,(H,24,25,26);7-14,18,22H,5-6,15-16H2,1-4H3;4-14,16H,3,15H2,1-2H3;1-15H;4-8,11H,3H2,1-2H3/q;;;;+1;/p-1. The van der Waals surface area contributed by atoms with Crippen LogP contribution in [0.3, 0.4) is 0 Å². The zero-order valence-corrected chi connectivity index (χ0v) is 83.8. The molecule has 1 saturated carbocycles. The summed E-state index contributed by atoms with van der Waals surface area (Å²) in [4.78, 5) is 15.9. The van der Waals surface area contributed by atoms with E-state index in [1.807, 2.05) is 55.5 Å². The normalized spacial score (nSPS) is 13.3. The number of benzene rings is 14. The van der Waals surface area contributed by atoms with Gasteiger partial charge < -0.3 is 57.0 Å². The van der Waals surface area contributed by atoms with Gasteiger partial charge in [-0.05, 0) is 271 Å². The molecule has 1 fully saturated rings. The monoisotopic (exact) mass is 1880 g/mol. The minimum atomic E-state index is -4.65. The van der Waals surface area contributed by atoms with E-state index in [0.717, 1.165) is 66.6 Å². The van der Waals surface area contributed by atoms with E-state index in [1.54, 1.807) is 37.4 Å². The number of rotatable bonds is 39. The van der Waals surface area contributed by atoms with Gasteiger partial charge in [-0.3, -0.25) is 0 Å². The number of fused-ring (bicyclic) bond motifs is 2. The first-order chi connectivity index (χ1) is 66.6. The molecule has 15 nitrogen and oxygen atoms in total. The highest BCUT2D eigenvalue weighted by molar-refractivity contribution is 7.97. The lowest BCUT2D eigenvalue weighted by Gasteiger charge is -2.22. The molecule has 722 valence electrons. The number of aromatic hydroxyl groups is 1. The van der Waals surface area contributed by atoms with Crippen LogP contribution in [-0.2, 0) is 58.0 Å². The van der Waals surface area contributed by atoms with Crippen LogP contribution in [0.4, 0.5) is 0 Å². The average Bonchev–Trinajstić information content (AvgIpc) is 0.784. The SMILES string of the molecule is CCC(C)c1ccc(O)cc1.CCC(C)c1ccc(OC(COC)OCCOc2ccc(C3CCCCC3)cc2)cc1.CCC(C)c1ccc(OCC(=O)Oc2cccc3c(S(=O)(=O)[O-])cccc23)cc1.CCC(C)c1ccc(OCc2cccc3ccccc23)cc1.CCOCC(OCc1ccc(C)cc1)Oc1ccc(C(C)CC)cc1.c1ccc([S+](c2ccccc2)c2ccccc2)cc1. The number of hydrogen-bond acceptors (Lipinski definition) is 15. The number of carbonyl (C=O) groups is 1. The lowest BCUT2D eigenvalue weighted by Crippen LogP contribution is -2.28. The highest BCUT2D eigenvalue weighted by Crippen LogP contribution is 2.37. The third kappa shape index (κ3) is 35.5. The van der Waals surface area contributed by atoms with Crippen LogP contribution in [0.5, 0.6) is 40.2 Å². The van der Waals surface area contributed by atoms with Crippen LogP contribution in [0.15, 0.2) is 359 Å². The Morgan fingerprint density at radius 2 is 0.825 bits per heavy atom. The number of ether oxygens (including phenoxy) is 10. The predicted molar refractivity (Wildman–Crippen MR) is 557 cm³/mol. The molecule has 1 aliphatic carbocycles. The van der Waals surface area contributed by atoms with Crippen LogP contribution in [0.25, 0.3) is 21.5 Å². The van der Waals surface area contributed by atoms with Gasteiger partial charge in [-0.2, -0.15) is 0 Å². The van der Waals surface area contributed by atoms with E-state index in [9.17, 15) is 17.8 Å². The second-order valence-corrected chi connectivity index (χ2v) is 37.9. The molecule has 0 aromatic heterocycles. The maximum atomic E-state index is 12.2. The van der Waals surface area contributed by atoms with Gasteiger partial charge in [0.25, 0.3) is 0 Å². The summed E-state index contributed by atoms with van der Waals surface area (Å²) in [5.74, 6) is 7.29. The number of phenols is 1. The van der Waals surface area contributed by atoms with E-state index in [4.69, 9.17) is 52.5 Å². The average molecular weight is 1890 g/mol. The van der Waals surface area contributed by atoms with Gasteiger partial charge in [0.15, 0.2) is 21.3 Å². The Bertz CT molecular complexity index is 5770. The Kier molecular flexibility index (Phi) is 45.2. The van der Waals surface area contributed by atoms with Crippen molar-refractivity contribution in [1.82, 2.24) is 0 Å². The van der Waals surface area contributed by atoms with Gasteiger partial charge in [-0.25, -0.2) is 13.2 Å². The van der Waals surface area contributed by atoms with Gasteiger partial charge in [0.2, 0.25) is 12.6 Å². The van der Waals surface area contributed by atoms with Gasteiger partial charge in [0.05, 0.1) is 29.0 Å². The Morgan fingerprint density at radius 3 is 1.31 bits per heavy atom. The number of esters is 1. The lowest BCUT2D eigenvalue weighted by molar-refractivity contribution is -0.136. The van der Waals surface area contributed by atoms with E-state index >= 15 is 0 Å². The molecule has 0 radical (unpaired) electrons. The van der Waals surface area contributed by atoms with Crippen molar-refractivity contribution in [1.29, 1.82) is 0 Å². The molecular formula is C120H140O15S2. The molecule has 7 atom stereocenters. The van der Waals surface area contributed by atoms with Gasteiger partial charge in [0, 0.05) is 24.5 Å². The summed E-state index contributed by atoms with van der Waals surface area (Å²) < 4.78 is 91.4. The summed E-state index contributed by atoms with van der Waals surface area (Å²) in [5, 5.41) is 12.1. The lowest BCUT2D eigenvalue weighted by atomic mass is 9.84. The molecule has 7 unspecified atom stereocenters. The van der Waals surface area contributed by atoms with Crippen molar-refractivity contribution < 1.29 is 70.2 Å². The molecule has 0 bridgehead atoms. The molecule has 137 heavy (non-hydrogen) atoms. The minimum Gasteiger partial charge on any atom is -0.744 e. The number of hydrogen-bond donors (Lipinski definition) is 1. The minimum absolute atomic E-state index is 0.0146. The Hall–Kier alpha value is -12.0. The second kappa shape index (κ2) is 57.9. The molecule has 0 spiro atoms. The fraction of sp³-hybridized carbons (Fsp3) is 0.325. The molecule has 1 aliphatic rings. The first kappa shape index (κ1) is 107. The summed E-state index contributed by atoms with van der Waals surface area (Å²) in [5.41, 5.74) is 11.6. The zero-order chi connectivity index (χ0) is 97.5. The molecule has 1 N–H and O–H groups in total. The third-order valence-electron chi connectivity index (χ3n) is 24.7. The van der Waals surface area contributed by atoms with Crippen LogP contribution < -0.4 is 28.4 Å². The van der Waals surface area contributed by atoms with Crippen molar-refractivity contribution in [2.24, 2.45) is 0 Å². The van der Waals surface area contributed by atoms with Crippen LogP contribution >= 0.6 is 0 Å². The quantitative estimate of drug-likeness (QED) is 0.00956. The van der Waals surface area contributed by atoms with E-state index in [-0.39, 0.29) is 33.5 Å². The zero-order valence-electron chi connectivity index (χ0n) is 82.2. The molecule has 0 aliphatic heterocycles. The van der Waals surface area contributed by atoms with E-state index in [1.165, 1.54) is 132 Å². The van der Waals surface area contributed by atoms with E-state index in [2.05, 4.69) is 307 Å². The Morgan fingerprint density at radius 1 is 0.409 bits per heavy atom. The smallest absolute Gasteiger partial charge is 0.349 e. The van der Waals surface area contributed by atoms with Crippen molar-refractivity contribution in [2.75, 3.05) is 46.8 Å². The molecule has 0 amide bonds. The summed E-state index contributed by atoms with van der Waals surface area (Å²) in [6.07, 6.45) is 11.4.